The molecule has 1 aliphatic carbocycles. The number of carbonyl (C=O) groups excluding carboxylic acids is 1. The molecule has 2 rings (SSSR count). The van der Waals surface area contributed by atoms with E-state index in [1.807, 2.05) is 0 Å². The van der Waals surface area contributed by atoms with E-state index in [4.69, 9.17) is 10.5 Å². The predicted molar refractivity (Wildman–Crippen MR) is 85.5 cm³/mol. The number of ether oxygens (including phenoxy) is 1. The van der Waals surface area contributed by atoms with E-state index < -0.39 is 0 Å². The zero-order valence-electron chi connectivity index (χ0n) is 13.0. The van der Waals surface area contributed by atoms with Gasteiger partial charge in [-0.15, -0.1) is 0 Å². The minimum atomic E-state index is -0.108. The molecule has 1 amide bonds. The smallest absolute Gasteiger partial charge is 0.255 e. The SMILES string of the molecule is COc1ccc(N)cc1C(=O)NCCC1CCCC(C)C1. The lowest BCUT2D eigenvalue weighted by Crippen LogP contribution is -2.27. The highest BCUT2D eigenvalue weighted by Crippen LogP contribution is 2.30. The molecule has 2 unspecified atom stereocenters. The van der Waals surface area contributed by atoms with Crippen LogP contribution in [0.4, 0.5) is 5.69 Å². The Morgan fingerprint density at radius 1 is 1.43 bits per heavy atom. The van der Waals surface area contributed by atoms with Gasteiger partial charge < -0.3 is 15.8 Å². The first-order valence-corrected chi connectivity index (χ1v) is 7.82. The Morgan fingerprint density at radius 3 is 2.95 bits per heavy atom. The fourth-order valence-electron chi connectivity index (χ4n) is 3.21. The van der Waals surface area contributed by atoms with Crippen LogP contribution in [0.15, 0.2) is 18.2 Å². The van der Waals surface area contributed by atoms with Crippen molar-refractivity contribution in [2.24, 2.45) is 11.8 Å². The number of benzene rings is 1. The molecule has 0 spiro atoms. The normalized spacial score (nSPS) is 21.8. The molecule has 1 fully saturated rings. The van der Waals surface area contributed by atoms with Crippen molar-refractivity contribution < 1.29 is 9.53 Å². The number of amides is 1. The lowest BCUT2D eigenvalue weighted by molar-refractivity contribution is 0.0946. The maximum atomic E-state index is 12.2. The highest BCUT2D eigenvalue weighted by molar-refractivity contribution is 5.97. The summed E-state index contributed by atoms with van der Waals surface area (Å²) in [6.45, 7) is 3.04. The van der Waals surface area contributed by atoms with Gasteiger partial charge in [-0.25, -0.2) is 0 Å². The van der Waals surface area contributed by atoms with E-state index in [0.717, 1.165) is 18.3 Å². The molecule has 1 saturated carbocycles. The van der Waals surface area contributed by atoms with E-state index in [1.165, 1.54) is 25.7 Å². The van der Waals surface area contributed by atoms with E-state index in [2.05, 4.69) is 12.2 Å². The lowest BCUT2D eigenvalue weighted by Gasteiger charge is -2.26. The van der Waals surface area contributed by atoms with Gasteiger partial charge in [-0.3, -0.25) is 4.79 Å². The van der Waals surface area contributed by atoms with E-state index >= 15 is 0 Å². The minimum absolute atomic E-state index is 0.108. The van der Waals surface area contributed by atoms with Gasteiger partial charge in [0.25, 0.3) is 5.91 Å². The number of hydrogen-bond donors (Lipinski definition) is 2. The van der Waals surface area contributed by atoms with Crippen molar-refractivity contribution in [1.29, 1.82) is 0 Å². The molecule has 0 aliphatic heterocycles. The minimum Gasteiger partial charge on any atom is -0.496 e. The van der Waals surface area contributed by atoms with Crippen LogP contribution in [0, 0.1) is 11.8 Å². The molecular weight excluding hydrogens is 264 g/mol. The number of carbonyl (C=O) groups is 1. The molecule has 0 heterocycles. The largest absolute Gasteiger partial charge is 0.496 e. The second-order valence-electron chi connectivity index (χ2n) is 6.14. The molecule has 0 saturated heterocycles. The van der Waals surface area contributed by atoms with E-state index in [9.17, 15) is 4.79 Å². The van der Waals surface area contributed by atoms with Crippen LogP contribution in [0.5, 0.6) is 5.75 Å². The number of hydrogen-bond acceptors (Lipinski definition) is 3. The standard InChI is InChI=1S/C17H26N2O2/c1-12-4-3-5-13(10-12)8-9-19-17(20)15-11-14(18)6-7-16(15)21-2/h6-7,11-13H,3-5,8-10,18H2,1-2H3,(H,19,20). The zero-order valence-corrected chi connectivity index (χ0v) is 13.0. The number of rotatable bonds is 5. The van der Waals surface area contributed by atoms with Gasteiger partial charge in [-0.05, 0) is 42.9 Å². The maximum absolute atomic E-state index is 12.2. The highest BCUT2D eigenvalue weighted by Gasteiger charge is 2.19. The van der Waals surface area contributed by atoms with Crippen LogP contribution in [0.1, 0.15) is 49.4 Å². The Hall–Kier alpha value is -1.71. The molecule has 1 aliphatic rings. The van der Waals surface area contributed by atoms with Gasteiger partial charge in [0.15, 0.2) is 0 Å². The van der Waals surface area contributed by atoms with Crippen molar-refractivity contribution in [3.63, 3.8) is 0 Å². The number of nitrogens with two attached hydrogens (primary N) is 1. The third-order valence-electron chi connectivity index (χ3n) is 4.35. The zero-order chi connectivity index (χ0) is 15.2. The Kier molecular flexibility index (Phi) is 5.48. The van der Waals surface area contributed by atoms with Gasteiger partial charge in [0, 0.05) is 12.2 Å². The third kappa shape index (κ3) is 4.38. The molecule has 0 radical (unpaired) electrons. The fraction of sp³-hybridized carbons (Fsp3) is 0.588. The number of anilines is 1. The van der Waals surface area contributed by atoms with Crippen molar-refractivity contribution in [3.05, 3.63) is 23.8 Å². The molecule has 1 aromatic carbocycles. The van der Waals surface area contributed by atoms with Crippen LogP contribution >= 0.6 is 0 Å². The van der Waals surface area contributed by atoms with E-state index in [1.54, 1.807) is 25.3 Å². The second-order valence-corrected chi connectivity index (χ2v) is 6.14. The predicted octanol–water partition coefficient (Wildman–Crippen LogP) is 3.22. The number of nitrogens with one attached hydrogen (secondary N) is 1. The first-order valence-electron chi connectivity index (χ1n) is 7.82. The average molecular weight is 290 g/mol. The first-order chi connectivity index (χ1) is 10.1. The fourth-order valence-corrected chi connectivity index (χ4v) is 3.21. The molecule has 116 valence electrons. The summed E-state index contributed by atoms with van der Waals surface area (Å²) in [4.78, 5) is 12.2. The summed E-state index contributed by atoms with van der Waals surface area (Å²) in [6, 6.07) is 5.13. The van der Waals surface area contributed by atoms with Crippen molar-refractivity contribution >= 4 is 11.6 Å². The van der Waals surface area contributed by atoms with Gasteiger partial charge in [-0.1, -0.05) is 26.2 Å². The summed E-state index contributed by atoms with van der Waals surface area (Å²) in [6.07, 6.45) is 6.31. The van der Waals surface area contributed by atoms with Crippen LogP contribution in [0.3, 0.4) is 0 Å². The third-order valence-corrected chi connectivity index (χ3v) is 4.35. The Morgan fingerprint density at radius 2 is 2.24 bits per heavy atom. The Balaban J connectivity index is 1.85. The molecular formula is C17H26N2O2. The van der Waals surface area contributed by atoms with Gasteiger partial charge in [0.1, 0.15) is 5.75 Å². The van der Waals surface area contributed by atoms with Crippen molar-refractivity contribution in [1.82, 2.24) is 5.32 Å². The van der Waals surface area contributed by atoms with E-state index in [0.29, 0.717) is 23.5 Å². The topological polar surface area (TPSA) is 64.3 Å². The van der Waals surface area contributed by atoms with Gasteiger partial charge in [0.2, 0.25) is 0 Å². The first kappa shape index (κ1) is 15.7. The monoisotopic (exact) mass is 290 g/mol. The van der Waals surface area contributed by atoms with E-state index in [-0.39, 0.29) is 5.91 Å². The quantitative estimate of drug-likeness (QED) is 0.818. The summed E-state index contributed by atoms with van der Waals surface area (Å²) in [5, 5.41) is 2.99. The Bertz CT molecular complexity index is 488. The number of nitrogen functional groups attached to an aromatic ring is 1. The van der Waals surface area contributed by atoms with Crippen molar-refractivity contribution in [3.8, 4) is 5.75 Å². The van der Waals surface area contributed by atoms with Crippen LogP contribution < -0.4 is 15.8 Å². The van der Waals surface area contributed by atoms with Gasteiger partial charge in [0.05, 0.1) is 12.7 Å². The van der Waals surface area contributed by atoms with Crippen LogP contribution in [0.2, 0.25) is 0 Å². The Labute approximate surface area is 127 Å². The average Bonchev–Trinajstić information content (AvgIpc) is 2.47. The highest BCUT2D eigenvalue weighted by atomic mass is 16.5. The molecule has 21 heavy (non-hydrogen) atoms. The summed E-state index contributed by atoms with van der Waals surface area (Å²) in [5.74, 6) is 2.03. The molecule has 4 nitrogen and oxygen atoms in total. The summed E-state index contributed by atoms with van der Waals surface area (Å²) in [5.41, 5.74) is 6.83. The molecule has 1 aromatic rings. The second kappa shape index (κ2) is 7.34. The molecule has 0 bridgehead atoms. The van der Waals surface area contributed by atoms with Crippen LogP contribution in [-0.2, 0) is 0 Å². The molecule has 3 N–H and O–H groups in total. The van der Waals surface area contributed by atoms with Crippen molar-refractivity contribution in [2.75, 3.05) is 19.4 Å². The number of methoxy groups -OCH3 is 1. The molecule has 2 atom stereocenters. The van der Waals surface area contributed by atoms with Crippen LogP contribution in [-0.4, -0.2) is 19.6 Å². The summed E-state index contributed by atoms with van der Waals surface area (Å²) >= 11 is 0. The lowest BCUT2D eigenvalue weighted by atomic mass is 9.81. The van der Waals surface area contributed by atoms with Gasteiger partial charge in [-0.2, -0.15) is 0 Å². The molecule has 0 aromatic heterocycles. The summed E-state index contributed by atoms with van der Waals surface area (Å²) in [7, 11) is 1.56. The van der Waals surface area contributed by atoms with Crippen molar-refractivity contribution in [2.45, 2.75) is 39.0 Å². The summed E-state index contributed by atoms with van der Waals surface area (Å²) < 4.78 is 5.22. The maximum Gasteiger partial charge on any atom is 0.255 e. The van der Waals surface area contributed by atoms with Gasteiger partial charge >= 0.3 is 0 Å². The van der Waals surface area contributed by atoms with Crippen LogP contribution in [0.25, 0.3) is 0 Å². The molecule has 4 heteroatoms.